The monoisotopic (exact) mass is 355 g/mol. The molecule has 0 radical (unpaired) electrons. The molecule has 1 saturated heterocycles. The Morgan fingerprint density at radius 1 is 1.27 bits per heavy atom. The number of nitro benzene ring substituents is 1. The second-order valence-corrected chi connectivity index (χ2v) is 5.88. The number of anilines is 1. The van der Waals surface area contributed by atoms with Crippen molar-refractivity contribution in [1.29, 1.82) is 0 Å². The van der Waals surface area contributed by atoms with Crippen LogP contribution in [-0.4, -0.2) is 36.4 Å². The lowest BCUT2D eigenvalue weighted by Gasteiger charge is -2.17. The molecule has 0 unspecified atom stereocenters. The van der Waals surface area contributed by atoms with E-state index in [4.69, 9.17) is 4.74 Å². The summed E-state index contributed by atoms with van der Waals surface area (Å²) in [5, 5.41) is 13.6. The van der Waals surface area contributed by atoms with Crippen molar-refractivity contribution in [3.63, 3.8) is 0 Å². The van der Waals surface area contributed by atoms with Crippen LogP contribution in [0.3, 0.4) is 0 Å². The summed E-state index contributed by atoms with van der Waals surface area (Å²) in [6.07, 6.45) is 0.173. The minimum atomic E-state index is -0.554. The predicted octanol–water partition coefficient (Wildman–Crippen LogP) is 2.14. The van der Waals surface area contributed by atoms with Crippen molar-refractivity contribution in [2.75, 3.05) is 18.6 Å². The third-order valence-corrected chi connectivity index (χ3v) is 4.16. The number of nitrogens with zero attached hydrogens (tertiary/aromatic N) is 2. The molecule has 0 spiro atoms. The number of carbonyl (C=O) groups is 2. The number of methoxy groups -OCH3 is 1. The fraction of sp³-hybridized carbons (Fsp3) is 0.222. The normalized spacial score (nSPS) is 16.4. The second-order valence-electron chi connectivity index (χ2n) is 5.88. The predicted molar refractivity (Wildman–Crippen MR) is 94.3 cm³/mol. The van der Waals surface area contributed by atoms with Gasteiger partial charge in [0.2, 0.25) is 5.91 Å². The van der Waals surface area contributed by atoms with E-state index in [1.54, 1.807) is 36.3 Å². The fourth-order valence-electron chi connectivity index (χ4n) is 2.85. The summed E-state index contributed by atoms with van der Waals surface area (Å²) in [7, 11) is 1.56. The van der Waals surface area contributed by atoms with Crippen molar-refractivity contribution in [3.8, 4) is 5.75 Å². The number of hydrogen-bond donors (Lipinski definition) is 1. The maximum absolute atomic E-state index is 12.3. The Balaban J connectivity index is 1.67. The number of benzene rings is 2. The lowest BCUT2D eigenvalue weighted by atomic mass is 10.1. The largest absolute Gasteiger partial charge is 0.497 e. The molecule has 2 aromatic rings. The summed E-state index contributed by atoms with van der Waals surface area (Å²) in [5.74, 6) is 0.151. The van der Waals surface area contributed by atoms with E-state index in [1.807, 2.05) is 0 Å². The molecule has 2 amide bonds. The zero-order chi connectivity index (χ0) is 18.7. The molecule has 1 fully saturated rings. The molecule has 1 heterocycles. The molecule has 2 aromatic carbocycles. The lowest BCUT2D eigenvalue weighted by molar-refractivity contribution is -0.384. The number of non-ortho nitro benzene ring substituents is 1. The Bertz CT molecular complexity index is 850. The van der Waals surface area contributed by atoms with Crippen molar-refractivity contribution in [1.82, 2.24) is 5.32 Å². The van der Waals surface area contributed by atoms with Crippen LogP contribution in [0.25, 0.3) is 0 Å². The Morgan fingerprint density at radius 2 is 2.00 bits per heavy atom. The molecule has 1 atom stereocenters. The molecule has 8 nitrogen and oxygen atoms in total. The van der Waals surface area contributed by atoms with Crippen LogP contribution in [-0.2, 0) is 4.79 Å². The second kappa shape index (κ2) is 7.22. The first-order chi connectivity index (χ1) is 12.5. The number of ether oxygens (including phenoxy) is 1. The third kappa shape index (κ3) is 3.64. The van der Waals surface area contributed by atoms with Crippen LogP contribution in [0.1, 0.15) is 16.8 Å². The average Bonchev–Trinajstić information content (AvgIpc) is 3.02. The molecule has 0 bridgehead atoms. The number of nitro groups is 1. The molecular weight excluding hydrogens is 338 g/mol. The van der Waals surface area contributed by atoms with Crippen molar-refractivity contribution in [2.24, 2.45) is 0 Å². The molecule has 1 N–H and O–H groups in total. The van der Waals surface area contributed by atoms with Gasteiger partial charge in [0.05, 0.1) is 18.1 Å². The fourth-order valence-corrected chi connectivity index (χ4v) is 2.85. The van der Waals surface area contributed by atoms with Gasteiger partial charge in [0.15, 0.2) is 0 Å². The van der Waals surface area contributed by atoms with Crippen LogP contribution in [0.4, 0.5) is 11.4 Å². The maximum atomic E-state index is 12.3. The molecule has 1 aliphatic rings. The van der Waals surface area contributed by atoms with Crippen molar-refractivity contribution in [2.45, 2.75) is 12.5 Å². The van der Waals surface area contributed by atoms with Gasteiger partial charge < -0.3 is 15.0 Å². The zero-order valence-electron chi connectivity index (χ0n) is 14.0. The molecule has 26 heavy (non-hydrogen) atoms. The van der Waals surface area contributed by atoms with Crippen molar-refractivity contribution < 1.29 is 19.2 Å². The van der Waals surface area contributed by atoms with Gasteiger partial charge in [-0.15, -0.1) is 0 Å². The topological polar surface area (TPSA) is 102 Å². The van der Waals surface area contributed by atoms with E-state index in [0.717, 1.165) is 5.69 Å². The van der Waals surface area contributed by atoms with Gasteiger partial charge in [-0.1, -0.05) is 6.07 Å². The minimum absolute atomic E-state index is 0.0977. The summed E-state index contributed by atoms with van der Waals surface area (Å²) in [6.45, 7) is 0.339. The molecule has 3 rings (SSSR count). The lowest BCUT2D eigenvalue weighted by Crippen LogP contribution is -2.37. The van der Waals surface area contributed by atoms with E-state index >= 15 is 0 Å². The van der Waals surface area contributed by atoms with Crippen LogP contribution < -0.4 is 15.0 Å². The van der Waals surface area contributed by atoms with Crippen LogP contribution in [0.5, 0.6) is 5.75 Å². The Morgan fingerprint density at radius 3 is 2.65 bits per heavy atom. The number of rotatable bonds is 5. The van der Waals surface area contributed by atoms with Crippen LogP contribution in [0.15, 0.2) is 48.5 Å². The molecule has 134 valence electrons. The van der Waals surface area contributed by atoms with Crippen molar-refractivity contribution in [3.05, 3.63) is 64.2 Å². The molecular formula is C18H17N3O5. The minimum Gasteiger partial charge on any atom is -0.497 e. The van der Waals surface area contributed by atoms with Gasteiger partial charge in [0.1, 0.15) is 5.75 Å². The van der Waals surface area contributed by atoms with Crippen LogP contribution >= 0.6 is 0 Å². The Labute approximate surface area is 149 Å². The number of carbonyl (C=O) groups excluding carboxylic acids is 2. The van der Waals surface area contributed by atoms with Gasteiger partial charge in [-0.2, -0.15) is 0 Å². The van der Waals surface area contributed by atoms with E-state index in [-0.39, 0.29) is 29.6 Å². The first-order valence-corrected chi connectivity index (χ1v) is 7.97. The highest BCUT2D eigenvalue weighted by Gasteiger charge is 2.31. The third-order valence-electron chi connectivity index (χ3n) is 4.16. The van der Waals surface area contributed by atoms with E-state index in [9.17, 15) is 19.7 Å². The number of nitrogens with one attached hydrogen (secondary N) is 1. The SMILES string of the molecule is COc1ccc(N2C[C@H](NC(=O)c3cccc([N+](=O)[O-])c3)CC2=O)cc1. The smallest absolute Gasteiger partial charge is 0.270 e. The highest BCUT2D eigenvalue weighted by Crippen LogP contribution is 2.24. The van der Waals surface area contributed by atoms with Gasteiger partial charge in [0.25, 0.3) is 11.6 Å². The average molecular weight is 355 g/mol. The van der Waals surface area contributed by atoms with Gasteiger partial charge in [-0.05, 0) is 30.3 Å². The first kappa shape index (κ1) is 17.4. The number of amides is 2. The Kier molecular flexibility index (Phi) is 4.83. The molecule has 1 aliphatic heterocycles. The van der Waals surface area contributed by atoms with Crippen molar-refractivity contribution >= 4 is 23.2 Å². The summed E-state index contributed by atoms with van der Waals surface area (Å²) in [4.78, 5) is 36.4. The number of hydrogen-bond acceptors (Lipinski definition) is 5. The van der Waals surface area contributed by atoms with Gasteiger partial charge >= 0.3 is 0 Å². The van der Waals surface area contributed by atoms with Gasteiger partial charge in [-0.3, -0.25) is 19.7 Å². The highest BCUT2D eigenvalue weighted by atomic mass is 16.6. The van der Waals surface area contributed by atoms with E-state index < -0.39 is 10.8 Å². The van der Waals surface area contributed by atoms with E-state index in [1.165, 1.54) is 24.3 Å². The quantitative estimate of drug-likeness (QED) is 0.654. The first-order valence-electron chi connectivity index (χ1n) is 7.97. The summed E-state index contributed by atoms with van der Waals surface area (Å²) >= 11 is 0. The Hall–Kier alpha value is -3.42. The maximum Gasteiger partial charge on any atom is 0.270 e. The molecule has 8 heteroatoms. The van der Waals surface area contributed by atoms with Gasteiger partial charge in [0, 0.05) is 36.3 Å². The van der Waals surface area contributed by atoms with Gasteiger partial charge in [-0.25, -0.2) is 0 Å². The van der Waals surface area contributed by atoms with E-state index in [0.29, 0.717) is 12.3 Å². The highest BCUT2D eigenvalue weighted by molar-refractivity contribution is 5.99. The van der Waals surface area contributed by atoms with Crippen LogP contribution in [0, 0.1) is 10.1 Å². The van der Waals surface area contributed by atoms with Crippen LogP contribution in [0.2, 0.25) is 0 Å². The zero-order valence-corrected chi connectivity index (χ0v) is 14.0. The summed E-state index contributed by atoms with van der Waals surface area (Å²) in [5.41, 5.74) is 0.762. The molecule has 0 aromatic heterocycles. The standard InChI is InChI=1S/C18H17N3O5/c1-26-16-7-5-14(6-8-16)20-11-13(10-17(20)22)19-18(23)12-3-2-4-15(9-12)21(24)25/h2-9,13H,10-11H2,1H3,(H,19,23)/t13-/m1/s1. The van der Waals surface area contributed by atoms with E-state index in [2.05, 4.69) is 5.32 Å². The molecule has 0 saturated carbocycles. The summed E-state index contributed by atoms with van der Waals surface area (Å²) < 4.78 is 5.10. The summed E-state index contributed by atoms with van der Waals surface area (Å²) in [6, 6.07) is 12.2. The molecule has 0 aliphatic carbocycles.